The first kappa shape index (κ1) is 11.2. The van der Waals surface area contributed by atoms with Gasteiger partial charge in [0.2, 0.25) is 0 Å². The first-order chi connectivity index (χ1) is 8.16. The monoisotopic (exact) mass is 311 g/mol. The maximum Gasteiger partial charge on any atom is 0.138 e. The van der Waals surface area contributed by atoms with Gasteiger partial charge in [0, 0.05) is 40.2 Å². The Balaban J connectivity index is 2.22. The summed E-state index contributed by atoms with van der Waals surface area (Å²) in [6.45, 7) is 3.27. The average Bonchev–Trinajstić information content (AvgIpc) is 2.31. The van der Waals surface area contributed by atoms with E-state index in [1.54, 1.807) is 6.20 Å². The van der Waals surface area contributed by atoms with E-state index in [1.807, 2.05) is 12.3 Å². The number of hydrogen-bond acceptors (Lipinski definition) is 3. The third-order valence-corrected chi connectivity index (χ3v) is 4.10. The van der Waals surface area contributed by atoms with E-state index in [0.717, 1.165) is 27.6 Å². The van der Waals surface area contributed by atoms with Crippen LogP contribution in [0.3, 0.4) is 0 Å². The Morgan fingerprint density at radius 3 is 2.82 bits per heavy atom. The van der Waals surface area contributed by atoms with Crippen molar-refractivity contribution in [2.45, 2.75) is 19.4 Å². The predicted molar refractivity (Wildman–Crippen MR) is 73.7 cm³/mol. The molecule has 0 N–H and O–H groups in total. The summed E-state index contributed by atoms with van der Waals surface area (Å²) in [6, 6.07) is 2.43. The van der Waals surface area contributed by atoms with E-state index in [9.17, 15) is 0 Å². The molecule has 1 saturated heterocycles. The molecule has 0 radical (unpaired) electrons. The summed E-state index contributed by atoms with van der Waals surface area (Å²) in [7, 11) is 0. The van der Waals surface area contributed by atoms with E-state index in [0.29, 0.717) is 11.2 Å². The van der Waals surface area contributed by atoms with Gasteiger partial charge in [0.1, 0.15) is 11.0 Å². The molecule has 1 fully saturated rings. The standard InChI is InChI=1S/C12H11BrClN3/c1-7-2-3-17(7)12-9-5-15-11(14)4-8(9)10(13)6-16-12/h4-7H,2-3H2,1H3/t7-/m1/s1. The van der Waals surface area contributed by atoms with Crippen LogP contribution >= 0.6 is 27.5 Å². The summed E-state index contributed by atoms with van der Waals surface area (Å²) in [6.07, 6.45) is 4.86. The molecule has 0 saturated carbocycles. The number of halogens is 2. The molecule has 1 atom stereocenters. The van der Waals surface area contributed by atoms with Gasteiger partial charge in [0.15, 0.2) is 0 Å². The van der Waals surface area contributed by atoms with Gasteiger partial charge in [-0.1, -0.05) is 11.6 Å². The summed E-state index contributed by atoms with van der Waals surface area (Å²) < 4.78 is 0.953. The molecule has 2 aromatic heterocycles. The van der Waals surface area contributed by atoms with Crippen LogP contribution in [0.25, 0.3) is 10.8 Å². The molecule has 17 heavy (non-hydrogen) atoms. The average molecular weight is 313 g/mol. The van der Waals surface area contributed by atoms with Crippen molar-refractivity contribution < 1.29 is 0 Å². The van der Waals surface area contributed by atoms with E-state index in [2.05, 4.69) is 37.7 Å². The fourth-order valence-electron chi connectivity index (χ4n) is 2.12. The first-order valence-electron chi connectivity index (χ1n) is 5.53. The van der Waals surface area contributed by atoms with Crippen LogP contribution in [0.5, 0.6) is 0 Å². The Morgan fingerprint density at radius 2 is 2.18 bits per heavy atom. The lowest BCUT2D eigenvalue weighted by Gasteiger charge is -2.40. The highest BCUT2D eigenvalue weighted by atomic mass is 79.9. The number of anilines is 1. The van der Waals surface area contributed by atoms with Gasteiger partial charge < -0.3 is 4.90 Å². The molecule has 2 aromatic rings. The zero-order chi connectivity index (χ0) is 12.0. The Kier molecular flexibility index (Phi) is 2.71. The van der Waals surface area contributed by atoms with Crippen LogP contribution < -0.4 is 4.90 Å². The van der Waals surface area contributed by atoms with Crippen molar-refractivity contribution in [3.8, 4) is 0 Å². The maximum absolute atomic E-state index is 5.93. The number of fused-ring (bicyclic) bond motifs is 1. The zero-order valence-electron chi connectivity index (χ0n) is 9.32. The highest BCUT2D eigenvalue weighted by molar-refractivity contribution is 9.10. The van der Waals surface area contributed by atoms with Gasteiger partial charge in [-0.2, -0.15) is 0 Å². The van der Waals surface area contributed by atoms with Crippen molar-refractivity contribution in [2.75, 3.05) is 11.4 Å². The van der Waals surface area contributed by atoms with Crippen LogP contribution in [-0.2, 0) is 0 Å². The quantitative estimate of drug-likeness (QED) is 0.753. The third-order valence-electron chi connectivity index (χ3n) is 3.26. The van der Waals surface area contributed by atoms with Crippen molar-refractivity contribution in [3.05, 3.63) is 28.1 Å². The van der Waals surface area contributed by atoms with Crippen molar-refractivity contribution in [1.29, 1.82) is 0 Å². The molecule has 5 heteroatoms. The van der Waals surface area contributed by atoms with Gasteiger partial charge >= 0.3 is 0 Å². The highest BCUT2D eigenvalue weighted by Crippen LogP contribution is 2.34. The number of aromatic nitrogens is 2. The molecule has 3 rings (SSSR count). The molecular weight excluding hydrogens is 302 g/mol. The van der Waals surface area contributed by atoms with Crippen LogP contribution in [0.4, 0.5) is 5.82 Å². The topological polar surface area (TPSA) is 29.0 Å². The SMILES string of the molecule is C[C@@H]1CCN1c1ncc(Br)c2cc(Cl)ncc12. The second-order valence-corrected chi connectivity index (χ2v) is 5.56. The Hall–Kier alpha value is -0.870. The van der Waals surface area contributed by atoms with E-state index < -0.39 is 0 Å². The fraction of sp³-hybridized carbons (Fsp3) is 0.333. The number of pyridine rings is 2. The highest BCUT2D eigenvalue weighted by Gasteiger charge is 2.26. The molecule has 1 aliphatic heterocycles. The number of hydrogen-bond donors (Lipinski definition) is 0. The van der Waals surface area contributed by atoms with Crippen molar-refractivity contribution in [2.24, 2.45) is 0 Å². The van der Waals surface area contributed by atoms with Crippen molar-refractivity contribution in [3.63, 3.8) is 0 Å². The smallest absolute Gasteiger partial charge is 0.138 e. The van der Waals surface area contributed by atoms with Gasteiger partial charge in [0.05, 0.1) is 0 Å². The lowest BCUT2D eigenvalue weighted by atomic mass is 10.0. The molecule has 0 bridgehead atoms. The van der Waals surface area contributed by atoms with E-state index >= 15 is 0 Å². The van der Waals surface area contributed by atoms with E-state index in [4.69, 9.17) is 11.6 Å². The minimum Gasteiger partial charge on any atom is -0.353 e. The summed E-state index contributed by atoms with van der Waals surface area (Å²) in [5.41, 5.74) is 0. The molecule has 0 aromatic carbocycles. The minimum absolute atomic E-state index is 0.506. The van der Waals surface area contributed by atoms with Gasteiger partial charge in [-0.05, 0) is 35.3 Å². The number of rotatable bonds is 1. The van der Waals surface area contributed by atoms with Gasteiger partial charge in [-0.25, -0.2) is 9.97 Å². The predicted octanol–water partition coefficient (Wildman–Crippen LogP) is 3.64. The molecular formula is C12H11BrClN3. The molecule has 3 nitrogen and oxygen atoms in total. The molecule has 1 aliphatic rings. The Bertz CT molecular complexity index is 587. The van der Waals surface area contributed by atoms with Crippen molar-refractivity contribution in [1.82, 2.24) is 9.97 Å². The van der Waals surface area contributed by atoms with Crippen LogP contribution in [0.15, 0.2) is 22.9 Å². The normalized spacial score (nSPS) is 19.5. The summed E-state index contributed by atoms with van der Waals surface area (Å²) in [5, 5.41) is 2.62. The van der Waals surface area contributed by atoms with Crippen LogP contribution in [0, 0.1) is 0 Å². The fourth-order valence-corrected chi connectivity index (χ4v) is 2.71. The lowest BCUT2D eigenvalue weighted by molar-refractivity contribution is 0.478. The van der Waals surface area contributed by atoms with Crippen molar-refractivity contribution >= 4 is 44.1 Å². The van der Waals surface area contributed by atoms with Crippen LogP contribution in [0.2, 0.25) is 5.15 Å². The van der Waals surface area contributed by atoms with Crippen LogP contribution in [0.1, 0.15) is 13.3 Å². The maximum atomic E-state index is 5.93. The van der Waals surface area contributed by atoms with Gasteiger partial charge in [-0.3, -0.25) is 0 Å². The molecule has 3 heterocycles. The second-order valence-electron chi connectivity index (χ2n) is 4.31. The van der Waals surface area contributed by atoms with Gasteiger partial charge in [-0.15, -0.1) is 0 Å². The molecule has 88 valence electrons. The first-order valence-corrected chi connectivity index (χ1v) is 6.70. The third kappa shape index (κ3) is 1.79. The largest absolute Gasteiger partial charge is 0.353 e. The van der Waals surface area contributed by atoms with Crippen LogP contribution in [-0.4, -0.2) is 22.6 Å². The number of nitrogens with zero attached hydrogens (tertiary/aromatic N) is 3. The summed E-state index contributed by atoms with van der Waals surface area (Å²) >= 11 is 9.44. The van der Waals surface area contributed by atoms with E-state index in [1.165, 1.54) is 6.42 Å². The molecule has 0 spiro atoms. The van der Waals surface area contributed by atoms with Gasteiger partial charge in [0.25, 0.3) is 0 Å². The summed E-state index contributed by atoms with van der Waals surface area (Å²) in [5.74, 6) is 1.01. The molecule has 0 amide bonds. The Labute approximate surface area is 113 Å². The molecule has 0 aliphatic carbocycles. The Morgan fingerprint density at radius 1 is 1.35 bits per heavy atom. The van der Waals surface area contributed by atoms with E-state index in [-0.39, 0.29) is 0 Å². The summed E-state index contributed by atoms with van der Waals surface area (Å²) in [4.78, 5) is 11.0. The lowest BCUT2D eigenvalue weighted by Crippen LogP contribution is -2.46. The zero-order valence-corrected chi connectivity index (χ0v) is 11.7. The minimum atomic E-state index is 0.506. The second kappa shape index (κ2) is 4.10. The molecule has 0 unspecified atom stereocenters.